The lowest BCUT2D eigenvalue weighted by Gasteiger charge is -2.28. The number of rotatable bonds is 25. The van der Waals surface area contributed by atoms with Crippen molar-refractivity contribution in [1.29, 1.82) is 0 Å². The van der Waals surface area contributed by atoms with Gasteiger partial charge >= 0.3 is 5.97 Å². The summed E-state index contributed by atoms with van der Waals surface area (Å²) in [6.07, 6.45) is 1.58. The Morgan fingerprint density at radius 1 is 0.769 bits per heavy atom. The molecule has 0 aliphatic rings. The summed E-state index contributed by atoms with van der Waals surface area (Å²) in [5.41, 5.74) is 11.8. The zero-order chi connectivity index (χ0) is 39.4. The van der Waals surface area contributed by atoms with E-state index < -0.39 is 90.7 Å². The summed E-state index contributed by atoms with van der Waals surface area (Å²) >= 11 is 0. The van der Waals surface area contributed by atoms with Crippen LogP contribution >= 0.6 is 0 Å². The Morgan fingerprint density at radius 3 is 1.88 bits per heavy atom. The van der Waals surface area contributed by atoms with Crippen molar-refractivity contribution in [3.05, 3.63) is 35.9 Å². The van der Waals surface area contributed by atoms with Gasteiger partial charge < -0.3 is 53.6 Å². The van der Waals surface area contributed by atoms with E-state index in [2.05, 4.69) is 31.9 Å². The van der Waals surface area contributed by atoms with Gasteiger partial charge in [0.2, 0.25) is 35.4 Å². The van der Waals surface area contributed by atoms with E-state index in [4.69, 9.17) is 16.6 Å². The van der Waals surface area contributed by atoms with Crippen molar-refractivity contribution in [2.75, 3.05) is 19.7 Å². The average Bonchev–Trinajstić information content (AvgIpc) is 3.07. The van der Waals surface area contributed by atoms with Crippen LogP contribution in [0.5, 0.6) is 0 Å². The summed E-state index contributed by atoms with van der Waals surface area (Å²) in [5, 5.41) is 34.8. The topological polar surface area (TPSA) is 284 Å². The van der Waals surface area contributed by atoms with E-state index >= 15 is 0 Å². The molecule has 0 aliphatic carbocycles. The Balaban J connectivity index is 2.98. The van der Waals surface area contributed by atoms with E-state index in [0.717, 1.165) is 6.42 Å². The van der Waals surface area contributed by atoms with Gasteiger partial charge in [-0.3, -0.25) is 33.6 Å². The maximum absolute atomic E-state index is 13.6. The molecule has 292 valence electrons. The highest BCUT2D eigenvalue weighted by Crippen LogP contribution is 2.09. The molecule has 0 fully saturated rings. The lowest BCUT2D eigenvalue weighted by Crippen LogP contribution is -2.59. The van der Waals surface area contributed by atoms with Gasteiger partial charge in [-0.1, -0.05) is 77.8 Å². The predicted octanol–water partition coefficient (Wildman–Crippen LogP) is -1.59. The number of carbonyl (C=O) groups excluding carboxylic acids is 6. The molecule has 0 saturated heterocycles. The number of carboxylic acid groups (broad SMARTS) is 1. The first-order valence-electron chi connectivity index (χ1n) is 17.6. The normalized spacial score (nSPS) is 14.6. The third kappa shape index (κ3) is 17.5. The van der Waals surface area contributed by atoms with Crippen molar-refractivity contribution >= 4 is 41.4 Å². The molecule has 0 heterocycles. The molecule has 17 heteroatoms. The van der Waals surface area contributed by atoms with Crippen LogP contribution in [0.2, 0.25) is 0 Å². The summed E-state index contributed by atoms with van der Waals surface area (Å²) in [6, 6.07) is 2.41. The number of carbonyl (C=O) groups is 7. The molecule has 12 N–H and O–H groups in total. The van der Waals surface area contributed by atoms with E-state index in [-0.39, 0.29) is 31.3 Å². The molecule has 17 nitrogen and oxygen atoms in total. The van der Waals surface area contributed by atoms with Gasteiger partial charge in [-0.2, -0.15) is 0 Å². The van der Waals surface area contributed by atoms with Crippen LogP contribution in [-0.4, -0.2) is 108 Å². The Kier molecular flexibility index (Phi) is 20.8. The van der Waals surface area contributed by atoms with Crippen molar-refractivity contribution in [1.82, 2.24) is 31.9 Å². The smallest absolute Gasteiger partial charge is 0.305 e. The van der Waals surface area contributed by atoms with Crippen molar-refractivity contribution in [2.45, 2.75) is 109 Å². The number of aliphatic carboxylic acids is 1. The van der Waals surface area contributed by atoms with Crippen LogP contribution in [0.25, 0.3) is 0 Å². The van der Waals surface area contributed by atoms with Gasteiger partial charge in [-0.25, -0.2) is 0 Å². The van der Waals surface area contributed by atoms with Crippen molar-refractivity contribution in [2.24, 2.45) is 23.3 Å². The number of unbranched alkanes of at least 4 members (excludes halogenated alkanes) is 1. The molecule has 0 spiro atoms. The standard InChI is InChI=1S/C35H58N8O9/c1-6-7-13-24(31(37)48)40-33(50)25(14-20(2)3)39-29(45)18-38-17-27(21(4)5)42-34(51)26(15-22-11-9-8-10-12-22)41-35(52)28(19-44)43-32(49)23(36)16-30(46)47/h8-12,20-21,23-28,38,44H,6-7,13-19,36H2,1-5H3,(H2,37,48)(H,39,45)(H,40,50)(H,41,52)(H,42,51)(H,43,49)(H,46,47)/t23-,24-,25-,26-,27+,28-/m0/s1. The Hall–Kier alpha value is -4.61. The monoisotopic (exact) mass is 734 g/mol. The minimum atomic E-state index is -1.51. The van der Waals surface area contributed by atoms with Crippen molar-refractivity contribution in [3.8, 4) is 0 Å². The Labute approximate surface area is 305 Å². The number of amides is 6. The maximum atomic E-state index is 13.6. The van der Waals surface area contributed by atoms with Crippen LogP contribution < -0.4 is 43.4 Å². The van der Waals surface area contributed by atoms with Crippen molar-refractivity contribution < 1.29 is 43.8 Å². The SMILES string of the molecule is CCCC[C@H](NC(=O)[C@H](CC(C)C)NC(=O)CNC[C@@H](NC(=O)[C@H](Cc1ccccc1)NC(=O)[C@H](CO)NC(=O)[C@@H](N)CC(=O)O)C(C)C)C(N)=O. The third-order valence-electron chi connectivity index (χ3n) is 8.11. The quantitative estimate of drug-likeness (QED) is 0.0547. The van der Waals surface area contributed by atoms with Gasteiger partial charge in [0, 0.05) is 19.0 Å². The van der Waals surface area contributed by atoms with Crippen LogP contribution in [0.4, 0.5) is 0 Å². The second-order valence-corrected chi connectivity index (χ2v) is 13.5. The zero-order valence-corrected chi connectivity index (χ0v) is 30.8. The van der Waals surface area contributed by atoms with Gasteiger partial charge in [0.1, 0.15) is 24.2 Å². The zero-order valence-electron chi connectivity index (χ0n) is 30.8. The first-order chi connectivity index (χ1) is 24.5. The number of hydrogen-bond acceptors (Lipinski definition) is 10. The average molecular weight is 735 g/mol. The predicted molar refractivity (Wildman–Crippen MR) is 193 cm³/mol. The molecule has 1 aromatic carbocycles. The fourth-order valence-electron chi connectivity index (χ4n) is 5.08. The van der Waals surface area contributed by atoms with Gasteiger partial charge in [-0.05, 0) is 30.2 Å². The fourth-order valence-corrected chi connectivity index (χ4v) is 5.08. The van der Waals surface area contributed by atoms with Crippen LogP contribution in [0, 0.1) is 11.8 Å². The first-order valence-corrected chi connectivity index (χ1v) is 17.6. The summed E-state index contributed by atoms with van der Waals surface area (Å²) in [5.74, 6) is -5.47. The molecule has 0 aromatic heterocycles. The van der Waals surface area contributed by atoms with Crippen LogP contribution in [-0.2, 0) is 40.0 Å². The largest absolute Gasteiger partial charge is 0.481 e. The highest BCUT2D eigenvalue weighted by molar-refractivity contribution is 5.94. The fraction of sp³-hybridized carbons (Fsp3) is 0.629. The molecular weight excluding hydrogens is 676 g/mol. The lowest BCUT2D eigenvalue weighted by atomic mass is 10.0. The Morgan fingerprint density at radius 2 is 1.35 bits per heavy atom. The van der Waals surface area contributed by atoms with Crippen LogP contribution in [0.3, 0.4) is 0 Å². The van der Waals surface area contributed by atoms with Crippen molar-refractivity contribution in [3.63, 3.8) is 0 Å². The van der Waals surface area contributed by atoms with E-state index in [1.807, 2.05) is 34.6 Å². The number of aliphatic hydroxyl groups excluding tert-OH is 1. The number of carboxylic acids is 1. The second kappa shape index (κ2) is 23.8. The summed E-state index contributed by atoms with van der Waals surface area (Å²) in [4.78, 5) is 87.9. The van der Waals surface area contributed by atoms with Gasteiger partial charge in [0.05, 0.1) is 25.6 Å². The molecule has 1 aromatic rings. The number of benzene rings is 1. The molecule has 0 unspecified atom stereocenters. The number of nitrogens with one attached hydrogen (secondary N) is 6. The second-order valence-electron chi connectivity index (χ2n) is 13.5. The summed E-state index contributed by atoms with van der Waals surface area (Å²) in [6.45, 7) is 8.56. The minimum absolute atomic E-state index is 0.0509. The highest BCUT2D eigenvalue weighted by Gasteiger charge is 2.30. The van der Waals surface area contributed by atoms with Gasteiger partial charge in [0.15, 0.2) is 0 Å². The van der Waals surface area contributed by atoms with Crippen LogP contribution in [0.1, 0.15) is 72.3 Å². The number of hydrogen-bond donors (Lipinski definition) is 10. The molecule has 1 rings (SSSR count). The summed E-state index contributed by atoms with van der Waals surface area (Å²) in [7, 11) is 0. The number of primary amides is 1. The minimum Gasteiger partial charge on any atom is -0.481 e. The highest BCUT2D eigenvalue weighted by atomic mass is 16.4. The van der Waals surface area contributed by atoms with Crippen LogP contribution in [0.15, 0.2) is 30.3 Å². The van der Waals surface area contributed by atoms with E-state index in [1.54, 1.807) is 30.3 Å². The summed E-state index contributed by atoms with van der Waals surface area (Å²) < 4.78 is 0. The molecule has 0 radical (unpaired) electrons. The van der Waals surface area contributed by atoms with Gasteiger partial charge in [-0.15, -0.1) is 0 Å². The molecule has 0 saturated carbocycles. The molecule has 6 amide bonds. The molecular formula is C35H58N8O9. The Bertz CT molecular complexity index is 1330. The number of nitrogens with two attached hydrogens (primary N) is 2. The number of aliphatic hydroxyl groups is 1. The van der Waals surface area contributed by atoms with E-state index in [9.17, 15) is 38.7 Å². The molecule has 0 aliphatic heterocycles. The van der Waals surface area contributed by atoms with Gasteiger partial charge in [0.25, 0.3) is 0 Å². The molecule has 6 atom stereocenters. The first kappa shape index (κ1) is 45.4. The van der Waals surface area contributed by atoms with E-state index in [0.29, 0.717) is 24.8 Å². The maximum Gasteiger partial charge on any atom is 0.305 e. The molecule has 52 heavy (non-hydrogen) atoms. The molecule has 0 bridgehead atoms. The lowest BCUT2D eigenvalue weighted by molar-refractivity contribution is -0.140. The van der Waals surface area contributed by atoms with E-state index in [1.165, 1.54) is 0 Å². The third-order valence-corrected chi connectivity index (χ3v) is 8.11.